The van der Waals surface area contributed by atoms with E-state index in [1.807, 2.05) is 13.8 Å². The molecule has 0 amide bonds. The fourth-order valence-electron chi connectivity index (χ4n) is 0.923. The molecule has 0 nitrogen and oxygen atoms in total. The second-order valence-corrected chi connectivity index (χ2v) is 2.61. The number of benzene rings is 1. The van der Waals surface area contributed by atoms with Gasteiger partial charge in [-0.2, -0.15) is 0 Å². The molecule has 1 aromatic rings. The van der Waals surface area contributed by atoms with Gasteiger partial charge in [0.05, 0.1) is 0 Å². The lowest BCUT2D eigenvalue weighted by Gasteiger charge is -2.03. The third-order valence-electron chi connectivity index (χ3n) is 1.99. The van der Waals surface area contributed by atoms with Gasteiger partial charge >= 0.3 is 0 Å². The van der Waals surface area contributed by atoms with Crippen LogP contribution in [0.4, 0.5) is 4.39 Å². The summed E-state index contributed by atoms with van der Waals surface area (Å²) in [4.78, 5) is 0. The molecule has 10 heavy (non-hydrogen) atoms. The number of halogens is 1. The monoisotopic (exact) mass is 138 g/mol. The van der Waals surface area contributed by atoms with E-state index in [4.69, 9.17) is 0 Å². The zero-order valence-electron chi connectivity index (χ0n) is 6.53. The van der Waals surface area contributed by atoms with Gasteiger partial charge in [0, 0.05) is 0 Å². The summed E-state index contributed by atoms with van der Waals surface area (Å²) in [5, 5.41) is 0. The van der Waals surface area contributed by atoms with E-state index in [1.165, 1.54) is 6.07 Å². The van der Waals surface area contributed by atoms with Gasteiger partial charge in [-0.25, -0.2) is 4.39 Å². The van der Waals surface area contributed by atoms with Crippen LogP contribution in [0.2, 0.25) is 0 Å². The van der Waals surface area contributed by atoms with Gasteiger partial charge in [-0.05, 0) is 43.5 Å². The summed E-state index contributed by atoms with van der Waals surface area (Å²) in [6, 6.07) is 3.31. The Morgan fingerprint density at radius 1 is 1.00 bits per heavy atom. The normalized spacial score (nSPS) is 10.0. The van der Waals surface area contributed by atoms with Gasteiger partial charge in [-0.15, -0.1) is 0 Å². The van der Waals surface area contributed by atoms with Crippen molar-refractivity contribution in [1.29, 1.82) is 0 Å². The first-order valence-corrected chi connectivity index (χ1v) is 3.35. The van der Waals surface area contributed by atoms with Crippen LogP contribution in [0.25, 0.3) is 0 Å². The van der Waals surface area contributed by atoms with E-state index in [-0.39, 0.29) is 5.82 Å². The summed E-state index contributed by atoms with van der Waals surface area (Å²) in [5.41, 5.74) is 2.97. The molecule has 0 fully saturated rings. The summed E-state index contributed by atoms with van der Waals surface area (Å²) >= 11 is 0. The molecular weight excluding hydrogens is 127 g/mol. The van der Waals surface area contributed by atoms with Gasteiger partial charge in [0.25, 0.3) is 0 Å². The van der Waals surface area contributed by atoms with Crippen LogP contribution in [-0.2, 0) is 0 Å². The molecular formula is C9H11F. The molecule has 0 saturated carbocycles. The first-order chi connectivity index (χ1) is 4.63. The van der Waals surface area contributed by atoms with Crippen molar-refractivity contribution in [3.05, 3.63) is 34.6 Å². The highest BCUT2D eigenvalue weighted by Crippen LogP contribution is 2.14. The Morgan fingerprint density at radius 3 is 2.10 bits per heavy atom. The maximum absolute atomic E-state index is 12.8. The van der Waals surface area contributed by atoms with Crippen molar-refractivity contribution in [2.24, 2.45) is 0 Å². The quantitative estimate of drug-likeness (QED) is 0.517. The molecule has 0 atom stereocenters. The lowest BCUT2D eigenvalue weighted by atomic mass is 10.0. The molecule has 0 saturated heterocycles. The first kappa shape index (κ1) is 7.26. The van der Waals surface area contributed by atoms with Crippen molar-refractivity contribution in [2.75, 3.05) is 0 Å². The van der Waals surface area contributed by atoms with Crippen LogP contribution in [0.3, 0.4) is 0 Å². The zero-order valence-corrected chi connectivity index (χ0v) is 6.53. The van der Waals surface area contributed by atoms with E-state index < -0.39 is 0 Å². The second-order valence-electron chi connectivity index (χ2n) is 2.61. The Hall–Kier alpha value is -0.850. The number of aryl methyl sites for hydroxylation is 1. The van der Waals surface area contributed by atoms with E-state index in [0.717, 1.165) is 16.7 Å². The number of rotatable bonds is 0. The summed E-state index contributed by atoms with van der Waals surface area (Å²) in [6.07, 6.45) is 0. The molecule has 0 unspecified atom stereocenters. The smallest absolute Gasteiger partial charge is 0.126 e. The minimum atomic E-state index is -0.108. The van der Waals surface area contributed by atoms with Crippen LogP contribution in [0.5, 0.6) is 0 Å². The third kappa shape index (κ3) is 1.04. The zero-order chi connectivity index (χ0) is 7.72. The van der Waals surface area contributed by atoms with E-state index in [9.17, 15) is 4.39 Å². The minimum Gasteiger partial charge on any atom is -0.207 e. The average Bonchev–Trinajstić information content (AvgIpc) is 1.93. The maximum atomic E-state index is 12.8. The van der Waals surface area contributed by atoms with Crippen molar-refractivity contribution in [3.8, 4) is 0 Å². The Balaban J connectivity index is 3.34. The first-order valence-electron chi connectivity index (χ1n) is 3.35. The Labute approximate surface area is 60.7 Å². The van der Waals surface area contributed by atoms with E-state index in [2.05, 4.69) is 0 Å². The van der Waals surface area contributed by atoms with Gasteiger partial charge in [-0.1, -0.05) is 6.07 Å². The molecule has 1 rings (SSSR count). The lowest BCUT2D eigenvalue weighted by Crippen LogP contribution is -1.89. The van der Waals surface area contributed by atoms with Crippen LogP contribution in [-0.4, -0.2) is 0 Å². The van der Waals surface area contributed by atoms with Crippen molar-refractivity contribution in [2.45, 2.75) is 20.8 Å². The molecule has 0 heterocycles. The fourth-order valence-corrected chi connectivity index (χ4v) is 0.923. The standard InChI is InChI=1S/C9H11F/c1-6-4-5-9(10)8(3)7(6)2/h4-5H,1-3H3. The average molecular weight is 138 g/mol. The molecule has 54 valence electrons. The summed E-state index contributed by atoms with van der Waals surface area (Å²) in [6.45, 7) is 5.73. The lowest BCUT2D eigenvalue weighted by molar-refractivity contribution is 0.616. The van der Waals surface area contributed by atoms with E-state index in [1.54, 1.807) is 13.0 Å². The van der Waals surface area contributed by atoms with Crippen molar-refractivity contribution < 1.29 is 4.39 Å². The third-order valence-corrected chi connectivity index (χ3v) is 1.99. The van der Waals surface area contributed by atoms with E-state index >= 15 is 0 Å². The predicted octanol–water partition coefficient (Wildman–Crippen LogP) is 2.75. The Morgan fingerprint density at radius 2 is 1.60 bits per heavy atom. The highest BCUT2D eigenvalue weighted by atomic mass is 19.1. The van der Waals surface area contributed by atoms with Gasteiger partial charge in [-0.3, -0.25) is 0 Å². The van der Waals surface area contributed by atoms with Crippen LogP contribution >= 0.6 is 0 Å². The van der Waals surface area contributed by atoms with Crippen molar-refractivity contribution >= 4 is 0 Å². The Kier molecular flexibility index (Phi) is 1.75. The highest BCUT2D eigenvalue weighted by Gasteiger charge is 2.00. The SMILES string of the molecule is Cc1ccc(F)c(C)c1C. The molecule has 0 aliphatic heterocycles. The van der Waals surface area contributed by atoms with Crippen molar-refractivity contribution in [3.63, 3.8) is 0 Å². The molecule has 0 aromatic heterocycles. The fraction of sp³-hybridized carbons (Fsp3) is 0.333. The number of hydrogen-bond donors (Lipinski definition) is 0. The van der Waals surface area contributed by atoms with Gasteiger partial charge in [0.1, 0.15) is 5.82 Å². The van der Waals surface area contributed by atoms with Crippen molar-refractivity contribution in [1.82, 2.24) is 0 Å². The van der Waals surface area contributed by atoms with Crippen LogP contribution in [0.15, 0.2) is 12.1 Å². The molecule has 0 aliphatic carbocycles. The molecule has 1 aromatic carbocycles. The maximum Gasteiger partial charge on any atom is 0.126 e. The second kappa shape index (κ2) is 2.41. The molecule has 0 aliphatic rings. The highest BCUT2D eigenvalue weighted by molar-refractivity contribution is 5.32. The van der Waals surface area contributed by atoms with Gasteiger partial charge in [0.2, 0.25) is 0 Å². The molecule has 0 bridgehead atoms. The van der Waals surface area contributed by atoms with E-state index in [0.29, 0.717) is 0 Å². The van der Waals surface area contributed by atoms with Crippen LogP contribution < -0.4 is 0 Å². The van der Waals surface area contributed by atoms with Crippen LogP contribution in [0.1, 0.15) is 16.7 Å². The summed E-state index contributed by atoms with van der Waals surface area (Å²) in [5.74, 6) is -0.108. The molecule has 0 radical (unpaired) electrons. The van der Waals surface area contributed by atoms with Crippen LogP contribution in [0, 0.1) is 26.6 Å². The minimum absolute atomic E-state index is 0.108. The van der Waals surface area contributed by atoms with Gasteiger partial charge in [0.15, 0.2) is 0 Å². The largest absolute Gasteiger partial charge is 0.207 e. The number of hydrogen-bond acceptors (Lipinski definition) is 0. The summed E-state index contributed by atoms with van der Waals surface area (Å²) < 4.78 is 12.8. The van der Waals surface area contributed by atoms with Gasteiger partial charge < -0.3 is 0 Å². The predicted molar refractivity (Wildman–Crippen MR) is 40.6 cm³/mol. The summed E-state index contributed by atoms with van der Waals surface area (Å²) in [7, 11) is 0. The molecule has 1 heteroatoms. The molecule has 0 spiro atoms. The molecule has 0 N–H and O–H groups in total. The topological polar surface area (TPSA) is 0 Å². The Bertz CT molecular complexity index is 224.